The average molecular weight is 407 g/mol. The Hall–Kier alpha value is -3.94. The molecule has 0 atom stereocenters. The number of H-pyrrole nitrogens is 1. The van der Waals surface area contributed by atoms with Crippen LogP contribution in [0, 0.1) is 5.82 Å². The summed E-state index contributed by atoms with van der Waals surface area (Å²) in [6, 6.07) is 9.61. The van der Waals surface area contributed by atoms with Gasteiger partial charge >= 0.3 is 5.97 Å². The first-order chi connectivity index (χ1) is 14.6. The number of ketones is 1. The maximum atomic E-state index is 13.4. The van der Waals surface area contributed by atoms with Gasteiger partial charge in [-0.2, -0.15) is 0 Å². The average Bonchev–Trinajstić information content (AvgIpc) is 3.28. The number of hydrogen-bond acceptors (Lipinski definition) is 6. The van der Waals surface area contributed by atoms with Gasteiger partial charge in [0.2, 0.25) is 11.7 Å². The molecule has 1 aromatic carbocycles. The van der Waals surface area contributed by atoms with Gasteiger partial charge in [-0.05, 0) is 42.8 Å². The van der Waals surface area contributed by atoms with Gasteiger partial charge in [0.15, 0.2) is 11.3 Å². The second-order valence-electron chi connectivity index (χ2n) is 6.49. The van der Waals surface area contributed by atoms with Crippen LogP contribution in [0.2, 0.25) is 0 Å². The van der Waals surface area contributed by atoms with E-state index in [1.807, 2.05) is 6.07 Å². The van der Waals surface area contributed by atoms with Gasteiger partial charge in [-0.3, -0.25) is 4.79 Å². The third-order valence-corrected chi connectivity index (χ3v) is 4.48. The number of ether oxygens (including phenoxy) is 2. The van der Waals surface area contributed by atoms with E-state index in [0.717, 1.165) is 5.39 Å². The number of rotatable bonds is 6. The monoisotopic (exact) mass is 407 g/mol. The Morgan fingerprint density at radius 1 is 1.33 bits per heavy atom. The van der Waals surface area contributed by atoms with Crippen molar-refractivity contribution in [3.05, 3.63) is 83.0 Å². The zero-order valence-corrected chi connectivity index (χ0v) is 16.1. The van der Waals surface area contributed by atoms with Gasteiger partial charge in [0.1, 0.15) is 11.5 Å². The molecule has 3 aromatic rings. The van der Waals surface area contributed by atoms with Crippen LogP contribution in [-0.2, 0) is 25.6 Å². The summed E-state index contributed by atoms with van der Waals surface area (Å²) in [5, 5.41) is 3.71. The number of carbonyl (C=O) groups excluding carboxylic acids is 2. The van der Waals surface area contributed by atoms with E-state index in [1.165, 1.54) is 12.1 Å². The molecule has 0 fully saturated rings. The first-order valence-corrected chi connectivity index (χ1v) is 9.33. The fraction of sp³-hybridized carbons (Fsp3) is 0.136. The highest BCUT2D eigenvalue weighted by atomic mass is 19.1. The van der Waals surface area contributed by atoms with Crippen LogP contribution in [-0.4, -0.2) is 28.3 Å². The number of hydrogen-bond donors (Lipinski definition) is 2. The third-order valence-electron chi connectivity index (χ3n) is 4.48. The van der Waals surface area contributed by atoms with Gasteiger partial charge in [-0.1, -0.05) is 12.1 Å². The lowest BCUT2D eigenvalue weighted by molar-refractivity contribution is -0.139. The molecule has 1 aliphatic rings. The Labute approximate surface area is 171 Å². The first-order valence-electron chi connectivity index (χ1n) is 9.33. The Balaban J connectivity index is 1.63. The van der Waals surface area contributed by atoms with E-state index < -0.39 is 11.8 Å². The van der Waals surface area contributed by atoms with E-state index in [0.29, 0.717) is 16.8 Å². The van der Waals surface area contributed by atoms with Crippen LogP contribution in [0.4, 0.5) is 4.39 Å². The van der Waals surface area contributed by atoms with Crippen molar-refractivity contribution in [1.29, 1.82) is 0 Å². The summed E-state index contributed by atoms with van der Waals surface area (Å²) in [5.41, 5.74) is 1.76. The van der Waals surface area contributed by atoms with Crippen molar-refractivity contribution in [2.45, 2.75) is 13.5 Å². The molecule has 0 spiro atoms. The van der Waals surface area contributed by atoms with Gasteiger partial charge in [-0.25, -0.2) is 14.2 Å². The summed E-state index contributed by atoms with van der Waals surface area (Å²) in [4.78, 5) is 32.5. The van der Waals surface area contributed by atoms with Gasteiger partial charge in [0, 0.05) is 29.9 Å². The number of nitrogens with zero attached hydrogens (tertiary/aromatic N) is 1. The fourth-order valence-electron chi connectivity index (χ4n) is 3.11. The predicted molar refractivity (Wildman–Crippen MR) is 107 cm³/mol. The zero-order chi connectivity index (χ0) is 21.1. The highest BCUT2D eigenvalue weighted by molar-refractivity contribution is 6.26. The van der Waals surface area contributed by atoms with E-state index in [9.17, 15) is 14.0 Å². The van der Waals surface area contributed by atoms with Crippen molar-refractivity contribution in [3.63, 3.8) is 0 Å². The number of pyridine rings is 1. The molecule has 0 aliphatic carbocycles. The minimum atomic E-state index is -0.784. The number of allylic oxidation sites excluding steroid dienone is 1. The summed E-state index contributed by atoms with van der Waals surface area (Å²) >= 11 is 0. The van der Waals surface area contributed by atoms with Crippen LogP contribution in [0.3, 0.4) is 0 Å². The molecule has 30 heavy (non-hydrogen) atoms. The highest BCUT2D eigenvalue weighted by Gasteiger charge is 2.36. The molecular weight excluding hydrogens is 389 g/mol. The van der Waals surface area contributed by atoms with Crippen LogP contribution in [0.1, 0.15) is 18.1 Å². The molecule has 8 heteroatoms. The molecular formula is C22H18FN3O4. The number of fused-ring (bicyclic) bond motifs is 1. The second-order valence-corrected chi connectivity index (χ2v) is 6.49. The van der Waals surface area contributed by atoms with Gasteiger partial charge < -0.3 is 19.8 Å². The van der Waals surface area contributed by atoms with Crippen molar-refractivity contribution in [2.24, 2.45) is 0 Å². The minimum absolute atomic E-state index is 0.0214. The molecule has 3 heterocycles. The Morgan fingerprint density at radius 3 is 3.00 bits per heavy atom. The fourth-order valence-corrected chi connectivity index (χ4v) is 3.11. The molecule has 2 N–H and O–H groups in total. The summed E-state index contributed by atoms with van der Waals surface area (Å²) in [5.74, 6) is -1.80. The summed E-state index contributed by atoms with van der Waals surface area (Å²) in [6.07, 6.45) is 4.89. The molecule has 0 saturated heterocycles. The number of aromatic nitrogens is 2. The molecule has 0 saturated carbocycles. The smallest absolute Gasteiger partial charge is 0.347 e. The Kier molecular flexibility index (Phi) is 5.30. The zero-order valence-electron chi connectivity index (χ0n) is 16.1. The quantitative estimate of drug-likeness (QED) is 0.370. The van der Waals surface area contributed by atoms with E-state index in [4.69, 9.17) is 9.47 Å². The van der Waals surface area contributed by atoms with Crippen LogP contribution in [0.25, 0.3) is 17.1 Å². The number of halogens is 1. The molecule has 2 aromatic heterocycles. The Morgan fingerprint density at radius 2 is 2.20 bits per heavy atom. The second kappa shape index (κ2) is 8.20. The van der Waals surface area contributed by atoms with Gasteiger partial charge in [-0.15, -0.1) is 0 Å². The van der Waals surface area contributed by atoms with E-state index in [1.54, 1.807) is 43.6 Å². The maximum Gasteiger partial charge on any atom is 0.347 e. The predicted octanol–water partition coefficient (Wildman–Crippen LogP) is 3.21. The van der Waals surface area contributed by atoms with Gasteiger partial charge in [0.25, 0.3) is 0 Å². The molecule has 0 bridgehead atoms. The van der Waals surface area contributed by atoms with Crippen molar-refractivity contribution in [1.82, 2.24) is 15.3 Å². The number of carbonyl (C=O) groups is 2. The van der Waals surface area contributed by atoms with Crippen LogP contribution in [0.5, 0.6) is 0 Å². The van der Waals surface area contributed by atoms with Crippen molar-refractivity contribution < 1.29 is 23.5 Å². The lowest BCUT2D eigenvalue weighted by Gasteiger charge is -2.09. The normalized spacial score (nSPS) is 15.0. The number of benzene rings is 1. The SMILES string of the molecule is CCOC(=O)C1=C(NCc2cccc(F)c2)OC(=Cc2c[nH]c3ncccc23)C1=O. The summed E-state index contributed by atoms with van der Waals surface area (Å²) < 4.78 is 24.1. The molecule has 0 amide bonds. The summed E-state index contributed by atoms with van der Waals surface area (Å²) in [7, 11) is 0. The Bertz CT molecular complexity index is 1200. The highest BCUT2D eigenvalue weighted by Crippen LogP contribution is 2.28. The van der Waals surface area contributed by atoms with Crippen molar-refractivity contribution in [3.8, 4) is 0 Å². The molecule has 0 unspecified atom stereocenters. The number of esters is 1. The van der Waals surface area contributed by atoms with E-state index in [2.05, 4.69) is 15.3 Å². The van der Waals surface area contributed by atoms with E-state index in [-0.39, 0.29) is 36.2 Å². The maximum absolute atomic E-state index is 13.4. The van der Waals surface area contributed by atoms with Crippen molar-refractivity contribution in [2.75, 3.05) is 6.61 Å². The number of aromatic amines is 1. The largest absolute Gasteiger partial charge is 0.462 e. The van der Waals surface area contributed by atoms with Crippen molar-refractivity contribution >= 4 is 28.9 Å². The lowest BCUT2D eigenvalue weighted by Crippen LogP contribution is -2.19. The molecule has 0 radical (unpaired) electrons. The minimum Gasteiger partial charge on any atom is -0.462 e. The molecule has 1 aliphatic heterocycles. The van der Waals surface area contributed by atoms with E-state index >= 15 is 0 Å². The number of Topliss-reactive ketones (excluding diaryl/α,β-unsaturated/α-hetero) is 1. The number of nitrogens with one attached hydrogen (secondary N) is 2. The molecule has 4 rings (SSSR count). The topological polar surface area (TPSA) is 93.3 Å². The van der Waals surface area contributed by atoms with Crippen LogP contribution >= 0.6 is 0 Å². The first kappa shape index (κ1) is 19.4. The van der Waals surface area contributed by atoms with Crippen LogP contribution < -0.4 is 5.32 Å². The molecule has 7 nitrogen and oxygen atoms in total. The van der Waals surface area contributed by atoms with Gasteiger partial charge in [0.05, 0.1) is 6.61 Å². The summed E-state index contributed by atoms with van der Waals surface area (Å²) in [6.45, 7) is 1.92. The molecule has 152 valence electrons. The standard InChI is InChI=1S/C22H18FN3O4/c1-2-29-22(28)18-19(27)17(10-14-12-25-20-16(14)7-4-8-24-20)30-21(18)26-11-13-5-3-6-15(23)9-13/h3-10,12,26H,2,11H2,1H3,(H,24,25). The third kappa shape index (κ3) is 3.80. The lowest BCUT2D eigenvalue weighted by atomic mass is 10.1. The van der Waals surface area contributed by atoms with Crippen LogP contribution in [0.15, 0.2) is 66.0 Å².